The number of phenolic OH excluding ortho intramolecular Hbond substituents is 1. The van der Waals surface area contributed by atoms with Gasteiger partial charge in [-0.05, 0) is 102 Å². The van der Waals surface area contributed by atoms with Crippen LogP contribution in [0.2, 0.25) is 6.32 Å². The monoisotopic (exact) mass is 670 g/mol. The van der Waals surface area contributed by atoms with E-state index in [0.717, 1.165) is 27.3 Å². The molecule has 3 heterocycles. The van der Waals surface area contributed by atoms with Crippen LogP contribution in [0.3, 0.4) is 0 Å². The quantitative estimate of drug-likeness (QED) is 0.112. The van der Waals surface area contributed by atoms with E-state index in [1.165, 1.54) is 12.1 Å². The average Bonchev–Trinajstić information content (AvgIpc) is 3.38. The van der Waals surface area contributed by atoms with Gasteiger partial charge in [-0.25, -0.2) is 0 Å². The lowest BCUT2D eigenvalue weighted by Crippen LogP contribution is -2.46. The molecule has 0 spiro atoms. The Morgan fingerprint density at radius 1 is 0.960 bits per heavy atom. The number of amides is 2. The van der Waals surface area contributed by atoms with E-state index in [0.29, 0.717) is 24.2 Å². The zero-order valence-corrected chi connectivity index (χ0v) is 27.2. The Morgan fingerprint density at radius 2 is 1.74 bits per heavy atom. The van der Waals surface area contributed by atoms with Gasteiger partial charge in [0.1, 0.15) is 18.1 Å². The highest BCUT2D eigenvalue weighted by molar-refractivity contribution is 6.58. The summed E-state index contributed by atoms with van der Waals surface area (Å²) in [7, 11) is -2.93. The molecule has 2 aliphatic heterocycles. The van der Waals surface area contributed by atoms with Gasteiger partial charge in [0, 0.05) is 11.8 Å². The molecule has 0 unspecified atom stereocenters. The third kappa shape index (κ3) is 6.75. The van der Waals surface area contributed by atoms with Gasteiger partial charge in [0.05, 0.1) is 29.3 Å². The summed E-state index contributed by atoms with van der Waals surface area (Å²) < 4.78 is 12.5. The second-order valence-electron chi connectivity index (χ2n) is 12.9. The van der Waals surface area contributed by atoms with Crippen molar-refractivity contribution in [3.63, 3.8) is 0 Å². The highest BCUT2D eigenvalue weighted by Gasteiger charge is 2.57. The molecule has 12 heteroatoms. The van der Waals surface area contributed by atoms with Gasteiger partial charge in [-0.3, -0.25) is 19.5 Å². The van der Waals surface area contributed by atoms with Gasteiger partial charge in [0.15, 0.2) is 0 Å². The van der Waals surface area contributed by atoms with Crippen LogP contribution in [0, 0.1) is 17.8 Å². The van der Waals surface area contributed by atoms with Crippen molar-refractivity contribution < 1.29 is 39.2 Å². The average molecular weight is 670 g/mol. The number of carbonyl (C=O) groups is 2. The first-order chi connectivity index (χ1) is 24.3. The molecular formula is C38H36B2N2O8. The molecule has 4 N–H and O–H groups in total. The number of rotatable bonds is 10. The SMILES string of the molecule is O=C1[C@@H]2[C@@H](CC(COc3ccccc3)=C3[C@@H](CC/C(=C/c4ccccc4O)c4ccccn4)OB(O)C[C@@H]32)C(=O)N1c1cccc(B(O)O)c1. The number of fused-ring (bicyclic) bond motifs is 3. The maximum Gasteiger partial charge on any atom is 0.488 e. The molecule has 50 heavy (non-hydrogen) atoms. The molecule has 0 bridgehead atoms. The summed E-state index contributed by atoms with van der Waals surface area (Å²) in [5.74, 6) is -1.90. The van der Waals surface area contributed by atoms with Crippen LogP contribution in [0.4, 0.5) is 5.69 Å². The van der Waals surface area contributed by atoms with Crippen molar-refractivity contribution in [1.82, 2.24) is 4.98 Å². The van der Waals surface area contributed by atoms with Gasteiger partial charge < -0.3 is 29.6 Å². The summed E-state index contributed by atoms with van der Waals surface area (Å²) in [6.07, 6.45) is 4.30. The molecule has 1 aromatic heterocycles. The van der Waals surface area contributed by atoms with Gasteiger partial charge >= 0.3 is 14.2 Å². The second kappa shape index (κ2) is 14.5. The van der Waals surface area contributed by atoms with Gasteiger partial charge in [0.2, 0.25) is 11.8 Å². The predicted molar refractivity (Wildman–Crippen MR) is 190 cm³/mol. The van der Waals surface area contributed by atoms with Crippen molar-refractivity contribution in [3.05, 3.63) is 126 Å². The number of hydrogen-bond donors (Lipinski definition) is 4. The number of allylic oxidation sites excluding steroid dienone is 1. The second-order valence-corrected chi connectivity index (χ2v) is 12.9. The number of ether oxygens (including phenoxy) is 1. The minimum atomic E-state index is -1.76. The number of benzene rings is 3. The molecule has 2 saturated heterocycles. The number of imide groups is 1. The lowest BCUT2D eigenvalue weighted by Gasteiger charge is -2.43. The molecule has 3 aromatic carbocycles. The smallest absolute Gasteiger partial charge is 0.488 e. The van der Waals surface area contributed by atoms with Crippen LogP contribution in [0.15, 0.2) is 114 Å². The van der Waals surface area contributed by atoms with Crippen molar-refractivity contribution >= 4 is 48.9 Å². The Kier molecular flexibility index (Phi) is 9.69. The number of aromatic nitrogens is 1. The number of carbonyl (C=O) groups excluding carboxylic acids is 2. The lowest BCUT2D eigenvalue weighted by atomic mass is 9.58. The number of nitrogens with zero attached hydrogens (tertiary/aromatic N) is 2. The molecule has 4 atom stereocenters. The minimum Gasteiger partial charge on any atom is -0.507 e. The summed E-state index contributed by atoms with van der Waals surface area (Å²) in [6.45, 7) is 0.170. The van der Waals surface area contributed by atoms with Crippen molar-refractivity contribution in [2.24, 2.45) is 17.8 Å². The first kappa shape index (κ1) is 33.5. The first-order valence-electron chi connectivity index (χ1n) is 16.8. The maximum atomic E-state index is 14.2. The summed E-state index contributed by atoms with van der Waals surface area (Å²) in [6, 6.07) is 28.2. The Balaban J connectivity index is 1.25. The summed E-state index contributed by atoms with van der Waals surface area (Å²) in [5.41, 5.74) is 4.36. The van der Waals surface area contributed by atoms with E-state index < -0.39 is 44.0 Å². The van der Waals surface area contributed by atoms with Crippen LogP contribution in [0.5, 0.6) is 11.5 Å². The Labute approximate surface area is 290 Å². The molecule has 4 aromatic rings. The standard InChI is InChI=1S/C38H36B2N2O8/c43-33-15-5-4-9-25(33)19-24(32-14-6-7-18-41-32)16-17-34-35-26(23-49-29-12-2-1-3-13-29)20-30-36(31(35)22-39(46)50-34)38(45)42(37(30)44)28-11-8-10-27(21-28)40(47)48/h1-15,18-19,21,30-31,34,36,43,46-48H,16-17,20,22-23H2/b24-19-/t30-,31+,34-,36-/m1/s1. The Bertz CT molecular complexity index is 1940. The molecule has 10 nitrogen and oxygen atoms in total. The van der Waals surface area contributed by atoms with Crippen LogP contribution >= 0.6 is 0 Å². The van der Waals surface area contributed by atoms with Crippen LogP contribution in [0.25, 0.3) is 11.6 Å². The molecule has 0 radical (unpaired) electrons. The maximum absolute atomic E-state index is 14.2. The van der Waals surface area contributed by atoms with Crippen molar-refractivity contribution in [3.8, 4) is 11.5 Å². The highest BCUT2D eigenvalue weighted by Crippen LogP contribution is 2.51. The van der Waals surface area contributed by atoms with Gasteiger partial charge in [0.25, 0.3) is 0 Å². The fourth-order valence-electron chi connectivity index (χ4n) is 7.57. The molecule has 0 saturated carbocycles. The van der Waals surface area contributed by atoms with E-state index in [1.807, 2.05) is 66.7 Å². The lowest BCUT2D eigenvalue weighted by molar-refractivity contribution is -0.122. The van der Waals surface area contributed by atoms with Crippen LogP contribution in [0.1, 0.15) is 30.5 Å². The zero-order chi connectivity index (χ0) is 34.8. The Hall–Kier alpha value is -5.00. The van der Waals surface area contributed by atoms with E-state index in [4.69, 9.17) is 9.39 Å². The van der Waals surface area contributed by atoms with Gasteiger partial charge in [-0.1, -0.05) is 54.6 Å². The number of aromatic hydroxyl groups is 1. The summed E-state index contributed by atoms with van der Waals surface area (Å²) in [4.78, 5) is 34.0. The third-order valence-electron chi connectivity index (χ3n) is 9.83. The topological polar surface area (TPSA) is 150 Å². The van der Waals surface area contributed by atoms with Crippen molar-refractivity contribution in [2.45, 2.75) is 31.7 Å². The number of pyridine rings is 1. The normalized spacial score (nSPS) is 22.0. The zero-order valence-electron chi connectivity index (χ0n) is 27.2. The number of para-hydroxylation sites is 2. The summed E-state index contributed by atoms with van der Waals surface area (Å²) in [5, 5.41) is 41.2. The third-order valence-corrected chi connectivity index (χ3v) is 9.83. The highest BCUT2D eigenvalue weighted by atomic mass is 16.5. The minimum absolute atomic E-state index is 0.130. The van der Waals surface area contributed by atoms with E-state index in [9.17, 15) is 29.8 Å². The molecule has 1 aliphatic carbocycles. The van der Waals surface area contributed by atoms with Crippen molar-refractivity contribution in [2.75, 3.05) is 11.5 Å². The van der Waals surface area contributed by atoms with Crippen LogP contribution in [-0.4, -0.2) is 63.9 Å². The van der Waals surface area contributed by atoms with Crippen LogP contribution < -0.4 is 15.1 Å². The number of hydrogen-bond acceptors (Lipinski definition) is 9. The fourth-order valence-corrected chi connectivity index (χ4v) is 7.57. The molecular weight excluding hydrogens is 634 g/mol. The number of phenols is 1. The van der Waals surface area contributed by atoms with Crippen molar-refractivity contribution in [1.29, 1.82) is 0 Å². The molecule has 7 rings (SSSR count). The van der Waals surface area contributed by atoms with E-state index in [2.05, 4.69) is 4.98 Å². The van der Waals surface area contributed by atoms with E-state index in [1.54, 1.807) is 30.5 Å². The van der Waals surface area contributed by atoms with Gasteiger partial charge in [-0.15, -0.1) is 0 Å². The number of anilines is 1. The molecule has 2 fully saturated rings. The Morgan fingerprint density at radius 3 is 2.50 bits per heavy atom. The molecule has 2 amide bonds. The fraction of sp³-hybridized carbons (Fsp3) is 0.237. The predicted octanol–water partition coefficient (Wildman–Crippen LogP) is 3.87. The molecule has 252 valence electrons. The van der Waals surface area contributed by atoms with Crippen LogP contribution in [-0.2, 0) is 14.2 Å². The van der Waals surface area contributed by atoms with Gasteiger partial charge in [-0.2, -0.15) is 0 Å². The summed E-state index contributed by atoms with van der Waals surface area (Å²) >= 11 is 0. The van der Waals surface area contributed by atoms with E-state index >= 15 is 0 Å². The van der Waals surface area contributed by atoms with E-state index in [-0.39, 0.29) is 42.2 Å². The molecule has 3 aliphatic rings. The first-order valence-corrected chi connectivity index (χ1v) is 16.8. The largest absolute Gasteiger partial charge is 0.507 e.